The normalized spacial score (nSPS) is 19.7. The molecule has 0 aromatic heterocycles. The molecule has 0 fully saturated rings. The Balaban J connectivity index is 1.78. The van der Waals surface area contributed by atoms with E-state index in [1.807, 2.05) is 24.3 Å². The minimum absolute atomic E-state index is 0.214. The van der Waals surface area contributed by atoms with E-state index in [1.54, 1.807) is 6.92 Å². The number of amides is 2. The summed E-state index contributed by atoms with van der Waals surface area (Å²) in [5.41, 5.74) is -0.0423. The Labute approximate surface area is 146 Å². The van der Waals surface area contributed by atoms with Crippen molar-refractivity contribution in [2.45, 2.75) is 31.7 Å². The summed E-state index contributed by atoms with van der Waals surface area (Å²) < 4.78 is 55.1. The monoisotopic (exact) mass is 363 g/mol. The molecular formula is C19H13F4NO2. The lowest BCUT2D eigenvalue weighted by molar-refractivity contribution is 0.0571. The predicted octanol–water partition coefficient (Wildman–Crippen LogP) is 3.96. The first-order chi connectivity index (χ1) is 12.3. The maximum Gasteiger partial charge on any atom is 0.265 e. The molecule has 2 aromatic rings. The van der Waals surface area contributed by atoms with Crippen molar-refractivity contribution in [3.63, 3.8) is 0 Å². The van der Waals surface area contributed by atoms with E-state index in [-0.39, 0.29) is 5.92 Å². The van der Waals surface area contributed by atoms with Crippen LogP contribution in [0.3, 0.4) is 0 Å². The zero-order chi connectivity index (χ0) is 18.7. The number of fused-ring (bicyclic) bond motifs is 2. The van der Waals surface area contributed by atoms with Gasteiger partial charge in [-0.05, 0) is 30.9 Å². The van der Waals surface area contributed by atoms with Crippen LogP contribution in [0.25, 0.3) is 0 Å². The summed E-state index contributed by atoms with van der Waals surface area (Å²) in [5.74, 6) is -10.4. The molecule has 7 heteroatoms. The number of carbonyl (C=O) groups excluding carboxylic acids is 2. The molecule has 0 saturated carbocycles. The molecule has 2 aromatic carbocycles. The molecule has 0 saturated heterocycles. The summed E-state index contributed by atoms with van der Waals surface area (Å²) >= 11 is 0. The molecule has 134 valence electrons. The second-order valence-electron chi connectivity index (χ2n) is 6.57. The summed E-state index contributed by atoms with van der Waals surface area (Å²) in [6, 6.07) is 6.81. The van der Waals surface area contributed by atoms with Gasteiger partial charge in [-0.3, -0.25) is 14.5 Å². The summed E-state index contributed by atoms with van der Waals surface area (Å²) in [7, 11) is 0. The second kappa shape index (κ2) is 5.65. The molecule has 2 amide bonds. The van der Waals surface area contributed by atoms with Crippen LogP contribution in [0.2, 0.25) is 0 Å². The van der Waals surface area contributed by atoms with E-state index >= 15 is 0 Å². The Hall–Kier alpha value is -2.70. The van der Waals surface area contributed by atoms with Crippen LogP contribution in [0.5, 0.6) is 0 Å². The van der Waals surface area contributed by atoms with Crippen LogP contribution in [0.4, 0.5) is 17.6 Å². The standard InChI is InChI=1S/C19H13F4NO2/c1-8(10-7-6-9-4-2-3-5-11(9)10)24-18(25)12-13(19(24)26)15(21)17(23)16(22)14(12)20/h2-5,8,10H,6-7H2,1H3/t8-,10?/m1/s1. The van der Waals surface area contributed by atoms with Gasteiger partial charge in [-0.15, -0.1) is 0 Å². The van der Waals surface area contributed by atoms with E-state index in [2.05, 4.69) is 0 Å². The van der Waals surface area contributed by atoms with Gasteiger partial charge < -0.3 is 0 Å². The summed E-state index contributed by atoms with van der Waals surface area (Å²) in [6.07, 6.45) is 1.40. The van der Waals surface area contributed by atoms with Crippen molar-refractivity contribution in [3.05, 3.63) is 69.8 Å². The number of rotatable bonds is 2. The highest BCUT2D eigenvalue weighted by molar-refractivity contribution is 6.21. The van der Waals surface area contributed by atoms with Crippen LogP contribution < -0.4 is 0 Å². The fourth-order valence-electron chi connectivity index (χ4n) is 4.01. The second-order valence-corrected chi connectivity index (χ2v) is 6.57. The van der Waals surface area contributed by atoms with Gasteiger partial charge in [-0.2, -0.15) is 0 Å². The van der Waals surface area contributed by atoms with Gasteiger partial charge in [0.2, 0.25) is 0 Å². The zero-order valence-electron chi connectivity index (χ0n) is 13.7. The van der Waals surface area contributed by atoms with Crippen LogP contribution in [-0.4, -0.2) is 22.8 Å². The highest BCUT2D eigenvalue weighted by Gasteiger charge is 2.47. The molecule has 2 atom stereocenters. The minimum Gasteiger partial charge on any atom is -0.271 e. The van der Waals surface area contributed by atoms with Gasteiger partial charge in [0.15, 0.2) is 23.3 Å². The lowest BCUT2D eigenvalue weighted by Crippen LogP contribution is -2.41. The van der Waals surface area contributed by atoms with Crippen molar-refractivity contribution < 1.29 is 27.2 Å². The highest BCUT2D eigenvalue weighted by Crippen LogP contribution is 2.40. The molecular weight excluding hydrogens is 350 g/mol. The fraction of sp³-hybridized carbons (Fsp3) is 0.263. The van der Waals surface area contributed by atoms with E-state index in [0.29, 0.717) is 11.3 Å². The van der Waals surface area contributed by atoms with Gasteiger partial charge >= 0.3 is 0 Å². The first-order valence-corrected chi connectivity index (χ1v) is 8.16. The largest absolute Gasteiger partial charge is 0.271 e. The Morgan fingerprint density at radius 3 is 2.04 bits per heavy atom. The van der Waals surface area contributed by atoms with Gasteiger partial charge in [-0.25, -0.2) is 17.6 Å². The molecule has 1 heterocycles. The number of aryl methyl sites for hydroxylation is 1. The molecule has 0 radical (unpaired) electrons. The first-order valence-electron chi connectivity index (χ1n) is 8.16. The molecule has 0 N–H and O–H groups in total. The van der Waals surface area contributed by atoms with Crippen molar-refractivity contribution in [1.82, 2.24) is 4.90 Å². The number of imide groups is 1. The number of benzene rings is 2. The van der Waals surface area contributed by atoms with Gasteiger partial charge in [0.05, 0.1) is 11.1 Å². The quantitative estimate of drug-likeness (QED) is 0.351. The Bertz CT molecular complexity index is 925. The zero-order valence-corrected chi connectivity index (χ0v) is 13.7. The van der Waals surface area contributed by atoms with E-state index in [4.69, 9.17) is 0 Å². The van der Waals surface area contributed by atoms with Crippen molar-refractivity contribution in [1.29, 1.82) is 0 Å². The number of carbonyl (C=O) groups is 2. The average Bonchev–Trinajstić information content (AvgIpc) is 3.17. The fourth-order valence-corrected chi connectivity index (χ4v) is 4.01. The van der Waals surface area contributed by atoms with Crippen LogP contribution >= 0.6 is 0 Å². The molecule has 2 aliphatic rings. The minimum atomic E-state index is -2.09. The topological polar surface area (TPSA) is 37.4 Å². The third-order valence-corrected chi connectivity index (χ3v) is 5.30. The first kappa shape index (κ1) is 16.8. The van der Waals surface area contributed by atoms with Crippen molar-refractivity contribution in [3.8, 4) is 0 Å². The maximum atomic E-state index is 14.0. The van der Waals surface area contributed by atoms with E-state index in [1.165, 1.54) is 0 Å². The van der Waals surface area contributed by atoms with Gasteiger partial charge in [0.1, 0.15) is 0 Å². The van der Waals surface area contributed by atoms with Crippen molar-refractivity contribution >= 4 is 11.8 Å². The third-order valence-electron chi connectivity index (χ3n) is 5.30. The smallest absolute Gasteiger partial charge is 0.265 e. The van der Waals surface area contributed by atoms with E-state index in [0.717, 1.165) is 17.5 Å². The average molecular weight is 363 g/mol. The molecule has 0 bridgehead atoms. The van der Waals surface area contributed by atoms with Crippen LogP contribution in [0.1, 0.15) is 51.1 Å². The highest BCUT2D eigenvalue weighted by atomic mass is 19.2. The molecule has 3 nitrogen and oxygen atoms in total. The van der Waals surface area contributed by atoms with Gasteiger partial charge in [-0.1, -0.05) is 24.3 Å². The number of hydrogen-bond acceptors (Lipinski definition) is 2. The van der Waals surface area contributed by atoms with Gasteiger partial charge in [0, 0.05) is 12.0 Å². The lowest BCUT2D eigenvalue weighted by atomic mass is 9.93. The number of nitrogens with zero attached hydrogens (tertiary/aromatic N) is 1. The third kappa shape index (κ3) is 2.06. The molecule has 1 unspecified atom stereocenters. The van der Waals surface area contributed by atoms with Crippen LogP contribution in [0.15, 0.2) is 24.3 Å². The van der Waals surface area contributed by atoms with E-state index < -0.39 is 52.3 Å². The summed E-state index contributed by atoms with van der Waals surface area (Å²) in [4.78, 5) is 25.8. The Morgan fingerprint density at radius 1 is 0.923 bits per heavy atom. The Kier molecular flexibility index (Phi) is 3.64. The summed E-state index contributed by atoms with van der Waals surface area (Å²) in [6.45, 7) is 1.59. The maximum absolute atomic E-state index is 14.0. The SMILES string of the molecule is C[C@H](C1CCc2ccccc21)N1C(=O)c2c(F)c(F)c(F)c(F)c2C1=O. The van der Waals surface area contributed by atoms with Crippen molar-refractivity contribution in [2.75, 3.05) is 0 Å². The molecule has 4 rings (SSSR count). The Morgan fingerprint density at radius 2 is 1.46 bits per heavy atom. The molecule has 0 spiro atoms. The molecule has 1 aliphatic carbocycles. The number of hydrogen-bond donors (Lipinski definition) is 0. The molecule has 26 heavy (non-hydrogen) atoms. The number of halogens is 4. The van der Waals surface area contributed by atoms with Gasteiger partial charge in [0.25, 0.3) is 11.8 Å². The van der Waals surface area contributed by atoms with E-state index in [9.17, 15) is 27.2 Å². The van der Waals surface area contributed by atoms with Crippen LogP contribution in [-0.2, 0) is 6.42 Å². The predicted molar refractivity (Wildman–Crippen MR) is 83.7 cm³/mol. The van der Waals surface area contributed by atoms with Crippen molar-refractivity contribution in [2.24, 2.45) is 0 Å². The molecule has 1 aliphatic heterocycles. The van der Waals surface area contributed by atoms with Crippen LogP contribution in [0, 0.1) is 23.3 Å². The lowest BCUT2D eigenvalue weighted by Gasteiger charge is -2.28. The summed E-state index contributed by atoms with van der Waals surface area (Å²) in [5, 5.41) is 0.